The quantitative estimate of drug-likeness (QED) is 0.445. The fourth-order valence-corrected chi connectivity index (χ4v) is 0.635. The molecule has 0 N–H and O–H groups in total. The number of nitrogens with zero attached hydrogens (tertiary/aromatic N) is 1. The van der Waals surface area contributed by atoms with Gasteiger partial charge in [0.15, 0.2) is 0 Å². The third kappa shape index (κ3) is 2.37. The van der Waals surface area contributed by atoms with Crippen molar-refractivity contribution < 1.29 is 9.53 Å². The summed E-state index contributed by atoms with van der Waals surface area (Å²) in [5.74, 6) is -0.256. The zero-order valence-electron chi connectivity index (χ0n) is 6.12. The van der Waals surface area contributed by atoms with Crippen molar-refractivity contribution in [1.29, 1.82) is 0 Å². The molecular formula is C8H9NO2. The summed E-state index contributed by atoms with van der Waals surface area (Å²) >= 11 is 0. The lowest BCUT2D eigenvalue weighted by Gasteiger charge is -2.04. The molecule has 3 nitrogen and oxygen atoms in total. The Kier molecular flexibility index (Phi) is 2.60. The van der Waals surface area contributed by atoms with Crippen LogP contribution in [0.5, 0.6) is 0 Å². The summed E-state index contributed by atoms with van der Waals surface area (Å²) in [6.45, 7) is 3.70. The summed E-state index contributed by atoms with van der Waals surface area (Å²) in [4.78, 5) is 14.6. The number of esters is 1. The molecule has 1 rings (SSSR count). The predicted molar refractivity (Wildman–Crippen MR) is 42.3 cm³/mol. The fourth-order valence-electron chi connectivity index (χ4n) is 0.635. The largest absolute Gasteiger partial charge is 0.461 e. The van der Waals surface area contributed by atoms with Crippen molar-refractivity contribution in [2.75, 3.05) is 6.61 Å². The first-order valence-corrected chi connectivity index (χ1v) is 3.32. The molecule has 1 aliphatic heterocycles. The number of hydrogen-bond acceptors (Lipinski definition) is 3. The summed E-state index contributed by atoms with van der Waals surface area (Å²) in [6.07, 6.45) is 5.24. The minimum atomic E-state index is -0.256. The maximum atomic E-state index is 10.8. The average Bonchev–Trinajstić information content (AvgIpc) is 1.93. The highest BCUT2D eigenvalue weighted by atomic mass is 16.5. The van der Waals surface area contributed by atoms with Crippen LogP contribution in [0.15, 0.2) is 29.9 Å². The van der Waals surface area contributed by atoms with Crippen LogP contribution < -0.4 is 0 Å². The first-order chi connectivity index (χ1) is 5.33. The van der Waals surface area contributed by atoms with Gasteiger partial charge in [0.25, 0.3) is 0 Å². The van der Waals surface area contributed by atoms with Crippen molar-refractivity contribution in [1.82, 2.24) is 0 Å². The number of carbonyl (C=O) groups is 1. The lowest BCUT2D eigenvalue weighted by atomic mass is 10.2. The van der Waals surface area contributed by atoms with E-state index in [0.29, 0.717) is 0 Å². The van der Waals surface area contributed by atoms with Gasteiger partial charge in [0.05, 0.1) is 12.1 Å². The molecule has 1 heterocycles. The lowest BCUT2D eigenvalue weighted by molar-refractivity contribution is -0.140. The van der Waals surface area contributed by atoms with Crippen molar-refractivity contribution in [3.8, 4) is 0 Å². The van der Waals surface area contributed by atoms with Crippen LogP contribution in [0.1, 0.15) is 6.42 Å². The predicted octanol–water partition coefficient (Wildman–Crippen LogP) is 1.07. The lowest BCUT2D eigenvalue weighted by Crippen LogP contribution is -2.11. The van der Waals surface area contributed by atoms with Gasteiger partial charge < -0.3 is 4.74 Å². The Morgan fingerprint density at radius 2 is 2.55 bits per heavy atom. The van der Waals surface area contributed by atoms with E-state index in [1.807, 2.05) is 0 Å². The van der Waals surface area contributed by atoms with Crippen LogP contribution in [0, 0.1) is 0 Å². The van der Waals surface area contributed by atoms with E-state index in [1.54, 1.807) is 12.3 Å². The molecule has 0 spiro atoms. The minimum absolute atomic E-state index is 0.256. The topological polar surface area (TPSA) is 38.7 Å². The summed E-state index contributed by atoms with van der Waals surface area (Å²) in [5.41, 5.74) is 0.777. The summed E-state index contributed by atoms with van der Waals surface area (Å²) < 4.78 is 4.73. The number of rotatable bonds is 4. The molecule has 0 aromatic rings. The van der Waals surface area contributed by atoms with Crippen LogP contribution in [-0.2, 0) is 9.53 Å². The summed E-state index contributed by atoms with van der Waals surface area (Å²) in [5, 5.41) is 0. The maximum Gasteiger partial charge on any atom is 0.312 e. The Hall–Kier alpha value is -1.38. The highest BCUT2D eigenvalue weighted by molar-refractivity contribution is 6.08. The average molecular weight is 151 g/mol. The Morgan fingerprint density at radius 3 is 3.00 bits per heavy atom. The van der Waals surface area contributed by atoms with E-state index >= 15 is 0 Å². The smallest absolute Gasteiger partial charge is 0.312 e. The SMILES string of the molecule is C=CCOC(=O)CC1=NC=C1. The molecule has 58 valence electrons. The standard InChI is InChI=1S/C8H9NO2/c1-2-5-11-8(10)6-7-3-4-9-7/h2-4H,1,5-6H2. The van der Waals surface area contributed by atoms with E-state index in [2.05, 4.69) is 11.6 Å². The van der Waals surface area contributed by atoms with Gasteiger partial charge in [-0.05, 0) is 6.08 Å². The van der Waals surface area contributed by atoms with Gasteiger partial charge in [-0.15, -0.1) is 0 Å². The zero-order chi connectivity index (χ0) is 8.10. The van der Waals surface area contributed by atoms with Crippen LogP contribution in [0.4, 0.5) is 0 Å². The van der Waals surface area contributed by atoms with Crippen LogP contribution >= 0.6 is 0 Å². The van der Waals surface area contributed by atoms with Gasteiger partial charge in [-0.2, -0.15) is 0 Å². The van der Waals surface area contributed by atoms with Gasteiger partial charge in [0, 0.05) is 6.20 Å². The minimum Gasteiger partial charge on any atom is -0.461 e. The Labute approximate surface area is 65.1 Å². The number of carbonyl (C=O) groups excluding carboxylic acids is 1. The normalized spacial score (nSPS) is 13.3. The maximum absolute atomic E-state index is 10.8. The van der Waals surface area contributed by atoms with Gasteiger partial charge in [0.1, 0.15) is 6.61 Å². The molecule has 0 radical (unpaired) electrons. The van der Waals surface area contributed by atoms with E-state index in [0.717, 1.165) is 5.71 Å². The molecule has 0 amide bonds. The molecular weight excluding hydrogens is 142 g/mol. The Bertz CT molecular complexity index is 228. The molecule has 0 bridgehead atoms. The highest BCUT2D eigenvalue weighted by Gasteiger charge is 2.07. The molecule has 0 aromatic carbocycles. The second kappa shape index (κ2) is 3.71. The van der Waals surface area contributed by atoms with Gasteiger partial charge >= 0.3 is 5.97 Å². The van der Waals surface area contributed by atoms with E-state index in [9.17, 15) is 4.79 Å². The Morgan fingerprint density at radius 1 is 1.82 bits per heavy atom. The fraction of sp³-hybridized carbons (Fsp3) is 0.250. The molecule has 0 saturated heterocycles. The van der Waals surface area contributed by atoms with Gasteiger partial charge in [-0.25, -0.2) is 0 Å². The van der Waals surface area contributed by atoms with Crippen molar-refractivity contribution in [3.63, 3.8) is 0 Å². The third-order valence-corrected chi connectivity index (χ3v) is 1.19. The van der Waals surface area contributed by atoms with Gasteiger partial charge in [0.2, 0.25) is 0 Å². The van der Waals surface area contributed by atoms with Crippen LogP contribution in [0.25, 0.3) is 0 Å². The first-order valence-electron chi connectivity index (χ1n) is 3.32. The second-order valence-corrected chi connectivity index (χ2v) is 2.08. The Balaban J connectivity index is 2.15. The van der Waals surface area contributed by atoms with E-state index < -0.39 is 0 Å². The number of allylic oxidation sites excluding steroid dienone is 1. The van der Waals surface area contributed by atoms with Crippen LogP contribution in [-0.4, -0.2) is 18.3 Å². The number of hydrogen-bond donors (Lipinski definition) is 0. The van der Waals surface area contributed by atoms with Crippen molar-refractivity contribution in [2.24, 2.45) is 4.99 Å². The number of aliphatic imine (C=N–C) groups is 1. The molecule has 3 heteroatoms. The summed E-state index contributed by atoms with van der Waals surface area (Å²) in [7, 11) is 0. The molecule has 11 heavy (non-hydrogen) atoms. The zero-order valence-corrected chi connectivity index (χ0v) is 6.12. The molecule has 0 atom stereocenters. The van der Waals surface area contributed by atoms with Crippen LogP contribution in [0.2, 0.25) is 0 Å². The molecule has 0 aliphatic carbocycles. The van der Waals surface area contributed by atoms with Crippen molar-refractivity contribution in [2.45, 2.75) is 6.42 Å². The summed E-state index contributed by atoms with van der Waals surface area (Å²) in [6, 6.07) is 0. The van der Waals surface area contributed by atoms with E-state index in [1.165, 1.54) is 6.08 Å². The molecule has 0 unspecified atom stereocenters. The molecule has 0 saturated carbocycles. The number of ether oxygens (including phenoxy) is 1. The molecule has 0 aromatic heterocycles. The highest BCUT2D eigenvalue weighted by Crippen LogP contribution is 2.01. The third-order valence-electron chi connectivity index (χ3n) is 1.19. The van der Waals surface area contributed by atoms with E-state index in [-0.39, 0.29) is 19.0 Å². The van der Waals surface area contributed by atoms with Gasteiger partial charge in [-0.1, -0.05) is 12.7 Å². The molecule has 0 fully saturated rings. The van der Waals surface area contributed by atoms with Gasteiger partial charge in [-0.3, -0.25) is 9.79 Å². The molecule has 1 aliphatic rings. The first kappa shape index (κ1) is 7.72. The monoisotopic (exact) mass is 151 g/mol. The van der Waals surface area contributed by atoms with Crippen molar-refractivity contribution in [3.05, 3.63) is 24.9 Å². The van der Waals surface area contributed by atoms with E-state index in [4.69, 9.17) is 4.74 Å². The second-order valence-electron chi connectivity index (χ2n) is 2.08. The van der Waals surface area contributed by atoms with Crippen LogP contribution in [0.3, 0.4) is 0 Å². The van der Waals surface area contributed by atoms with Crippen molar-refractivity contribution >= 4 is 11.7 Å².